The van der Waals surface area contributed by atoms with Gasteiger partial charge in [0.15, 0.2) is 5.96 Å². The third-order valence-electron chi connectivity index (χ3n) is 5.19. The summed E-state index contributed by atoms with van der Waals surface area (Å²) < 4.78 is 2.32. The maximum Gasteiger partial charge on any atom is 0.191 e. The minimum Gasteiger partial charge on any atom is -0.356 e. The number of guanidine groups is 1. The number of aryl methyl sites for hydroxylation is 2. The van der Waals surface area contributed by atoms with Crippen molar-refractivity contribution in [1.29, 1.82) is 0 Å². The van der Waals surface area contributed by atoms with E-state index in [0.717, 1.165) is 56.5 Å². The second-order valence-electron chi connectivity index (χ2n) is 7.60. The van der Waals surface area contributed by atoms with E-state index >= 15 is 0 Å². The summed E-state index contributed by atoms with van der Waals surface area (Å²) in [5, 5.41) is 15.8. The van der Waals surface area contributed by atoms with Gasteiger partial charge in [-0.3, -0.25) is 0 Å². The van der Waals surface area contributed by atoms with Crippen molar-refractivity contribution in [3.63, 3.8) is 0 Å². The molecular weight excluding hydrogens is 348 g/mol. The molecule has 1 aromatic carbocycles. The molecule has 152 valence electrons. The van der Waals surface area contributed by atoms with E-state index in [1.807, 2.05) is 0 Å². The molecule has 2 heterocycles. The summed E-state index contributed by atoms with van der Waals surface area (Å²) in [4.78, 5) is 4.77. The topological polar surface area (TPSA) is 67.1 Å². The first-order chi connectivity index (χ1) is 13.8. The minimum absolute atomic E-state index is 0.683. The highest BCUT2D eigenvalue weighted by atomic mass is 15.3. The van der Waals surface area contributed by atoms with Crippen molar-refractivity contribution in [1.82, 2.24) is 25.4 Å². The lowest BCUT2D eigenvalue weighted by Gasteiger charge is -2.13. The Morgan fingerprint density at radius 1 is 1.07 bits per heavy atom. The Bertz CT molecular complexity index is 747. The smallest absolute Gasteiger partial charge is 0.191 e. The fraction of sp³-hybridized carbons (Fsp3) is 0.591. The Hall–Kier alpha value is -2.37. The van der Waals surface area contributed by atoms with Crippen molar-refractivity contribution in [3.8, 4) is 0 Å². The van der Waals surface area contributed by atoms with Crippen LogP contribution in [0.25, 0.3) is 0 Å². The lowest BCUT2D eigenvalue weighted by atomic mass is 10.1. The number of nitrogens with one attached hydrogen (secondary N) is 2. The van der Waals surface area contributed by atoms with E-state index in [1.165, 1.54) is 36.8 Å². The third-order valence-corrected chi connectivity index (χ3v) is 5.19. The molecule has 3 rings (SSSR count). The average molecular weight is 383 g/mol. The zero-order valence-corrected chi connectivity index (χ0v) is 17.4. The van der Waals surface area contributed by atoms with Gasteiger partial charge in [-0.05, 0) is 31.7 Å². The van der Waals surface area contributed by atoms with E-state index in [4.69, 9.17) is 4.99 Å². The Kier molecular flexibility index (Phi) is 7.88. The van der Waals surface area contributed by atoms with Crippen LogP contribution in [0, 0.1) is 6.92 Å². The van der Waals surface area contributed by atoms with Crippen LogP contribution in [0.4, 0.5) is 0 Å². The number of unbranched alkanes of at least 4 members (excludes halogenated alkanes) is 1. The molecule has 0 saturated carbocycles. The monoisotopic (exact) mass is 382 g/mol. The number of aromatic nitrogens is 3. The zero-order valence-electron chi connectivity index (χ0n) is 17.4. The van der Waals surface area contributed by atoms with Crippen molar-refractivity contribution < 1.29 is 0 Å². The maximum atomic E-state index is 4.77. The van der Waals surface area contributed by atoms with Gasteiger partial charge in [-0.25, -0.2) is 4.99 Å². The Morgan fingerprint density at radius 3 is 2.71 bits per heavy atom. The van der Waals surface area contributed by atoms with Crippen molar-refractivity contribution in [2.24, 2.45) is 4.99 Å². The molecule has 0 fully saturated rings. The van der Waals surface area contributed by atoms with Gasteiger partial charge in [0.05, 0.1) is 6.54 Å². The molecule has 28 heavy (non-hydrogen) atoms. The molecule has 0 bridgehead atoms. The van der Waals surface area contributed by atoms with Crippen LogP contribution < -0.4 is 10.6 Å². The third kappa shape index (κ3) is 6.08. The largest absolute Gasteiger partial charge is 0.356 e. The van der Waals surface area contributed by atoms with Gasteiger partial charge < -0.3 is 15.2 Å². The highest BCUT2D eigenvalue weighted by Gasteiger charge is 2.14. The molecule has 0 atom stereocenters. The maximum absolute atomic E-state index is 4.77. The van der Waals surface area contributed by atoms with Crippen LogP contribution in [-0.2, 0) is 25.9 Å². The lowest BCUT2D eigenvalue weighted by Crippen LogP contribution is -2.39. The number of nitrogens with zero attached hydrogens (tertiary/aromatic N) is 4. The molecular formula is C22H34N6. The Balaban J connectivity index is 1.56. The zero-order chi connectivity index (χ0) is 19.6. The lowest BCUT2D eigenvalue weighted by molar-refractivity contribution is 0.600. The molecule has 0 aliphatic carbocycles. The second kappa shape index (κ2) is 10.8. The fourth-order valence-corrected chi connectivity index (χ4v) is 3.44. The summed E-state index contributed by atoms with van der Waals surface area (Å²) in [5.74, 6) is 3.13. The first kappa shape index (κ1) is 20.4. The summed E-state index contributed by atoms with van der Waals surface area (Å²) >= 11 is 0. The van der Waals surface area contributed by atoms with Gasteiger partial charge in [-0.15, -0.1) is 10.2 Å². The fourth-order valence-electron chi connectivity index (χ4n) is 3.44. The van der Waals surface area contributed by atoms with E-state index in [-0.39, 0.29) is 0 Å². The van der Waals surface area contributed by atoms with Crippen LogP contribution in [0.3, 0.4) is 0 Å². The van der Waals surface area contributed by atoms with Crippen LogP contribution in [-0.4, -0.2) is 33.8 Å². The Morgan fingerprint density at radius 2 is 1.89 bits per heavy atom. The molecule has 1 aliphatic heterocycles. The molecule has 0 amide bonds. The molecule has 0 saturated heterocycles. The van der Waals surface area contributed by atoms with Gasteiger partial charge in [-0.2, -0.15) is 0 Å². The first-order valence-corrected chi connectivity index (χ1v) is 10.7. The van der Waals surface area contributed by atoms with Crippen LogP contribution in [0.5, 0.6) is 0 Å². The summed E-state index contributed by atoms with van der Waals surface area (Å²) in [6.07, 6.45) is 7.99. The molecule has 0 spiro atoms. The molecule has 0 unspecified atom stereocenters. The van der Waals surface area contributed by atoms with E-state index in [2.05, 4.69) is 63.5 Å². The molecule has 2 aromatic rings. The molecule has 1 aliphatic rings. The molecule has 1 aromatic heterocycles. The normalized spacial score (nSPS) is 14.4. The van der Waals surface area contributed by atoms with Crippen molar-refractivity contribution >= 4 is 5.96 Å². The average Bonchev–Trinajstić information content (AvgIpc) is 2.93. The van der Waals surface area contributed by atoms with Gasteiger partial charge in [0.1, 0.15) is 11.6 Å². The summed E-state index contributed by atoms with van der Waals surface area (Å²) in [6.45, 7) is 7.80. The van der Waals surface area contributed by atoms with Gasteiger partial charge in [-0.1, -0.05) is 49.6 Å². The number of hydrogen-bond acceptors (Lipinski definition) is 3. The summed E-state index contributed by atoms with van der Waals surface area (Å²) in [5.41, 5.74) is 2.50. The predicted molar refractivity (Wildman–Crippen MR) is 115 cm³/mol. The van der Waals surface area contributed by atoms with Crippen LogP contribution in [0.15, 0.2) is 29.3 Å². The van der Waals surface area contributed by atoms with Gasteiger partial charge >= 0.3 is 0 Å². The van der Waals surface area contributed by atoms with Crippen molar-refractivity contribution in [2.75, 3.05) is 13.1 Å². The molecule has 6 nitrogen and oxygen atoms in total. The molecule has 2 N–H and O–H groups in total. The number of fused-ring (bicyclic) bond motifs is 1. The van der Waals surface area contributed by atoms with Crippen molar-refractivity contribution in [2.45, 2.75) is 71.9 Å². The quantitative estimate of drug-likeness (QED) is 0.417. The number of rotatable bonds is 8. The van der Waals surface area contributed by atoms with Crippen LogP contribution in [0.2, 0.25) is 0 Å². The Labute approximate surface area is 168 Å². The SMILES string of the molecule is CCCCNC(=NCc1ccc(C)cc1)NCCc1nnc2n1CCCCC2. The van der Waals surface area contributed by atoms with E-state index in [0.29, 0.717) is 6.54 Å². The predicted octanol–water partition coefficient (Wildman–Crippen LogP) is 3.39. The minimum atomic E-state index is 0.683. The van der Waals surface area contributed by atoms with Crippen LogP contribution >= 0.6 is 0 Å². The van der Waals surface area contributed by atoms with Gasteiger partial charge in [0.25, 0.3) is 0 Å². The van der Waals surface area contributed by atoms with Crippen molar-refractivity contribution in [3.05, 3.63) is 47.0 Å². The second-order valence-corrected chi connectivity index (χ2v) is 7.60. The van der Waals surface area contributed by atoms with Gasteiger partial charge in [0, 0.05) is 32.5 Å². The summed E-state index contributed by atoms with van der Waals surface area (Å²) in [6, 6.07) is 8.57. The summed E-state index contributed by atoms with van der Waals surface area (Å²) in [7, 11) is 0. The number of hydrogen-bond donors (Lipinski definition) is 2. The first-order valence-electron chi connectivity index (χ1n) is 10.7. The highest BCUT2D eigenvalue weighted by Crippen LogP contribution is 2.14. The van der Waals surface area contributed by atoms with E-state index < -0.39 is 0 Å². The number of aliphatic imine (C=N–C) groups is 1. The molecule has 0 radical (unpaired) electrons. The highest BCUT2D eigenvalue weighted by molar-refractivity contribution is 5.79. The standard InChI is InChI=1S/C22H34N6/c1-3-4-14-23-22(25-17-19-11-9-18(2)10-12-19)24-15-13-21-27-26-20-8-6-5-7-16-28(20)21/h9-12H,3-8,13-17H2,1-2H3,(H2,23,24,25). The number of benzene rings is 1. The van der Waals surface area contributed by atoms with Gasteiger partial charge in [0.2, 0.25) is 0 Å². The van der Waals surface area contributed by atoms with E-state index in [9.17, 15) is 0 Å². The molecule has 6 heteroatoms. The van der Waals surface area contributed by atoms with Crippen LogP contribution in [0.1, 0.15) is 61.8 Å². The van der Waals surface area contributed by atoms with E-state index in [1.54, 1.807) is 0 Å².